The number of benzene rings is 1. The van der Waals surface area contributed by atoms with Crippen LogP contribution in [0.2, 0.25) is 0 Å². The van der Waals surface area contributed by atoms with Gasteiger partial charge < -0.3 is 10.6 Å². The van der Waals surface area contributed by atoms with Gasteiger partial charge in [-0.1, -0.05) is 0 Å². The molecule has 0 saturated carbocycles. The zero-order valence-electron chi connectivity index (χ0n) is 9.20. The molecule has 92 valence electrons. The quantitative estimate of drug-likeness (QED) is 0.451. The van der Waals surface area contributed by atoms with Crippen LogP contribution in [0, 0.1) is 15.9 Å². The third-order valence-corrected chi connectivity index (χ3v) is 2.02. The fraction of sp³-hybridized carbons (Fsp3) is 0.300. The number of carbonyl (C=O) groups excluding carboxylic acids is 1. The first kappa shape index (κ1) is 13.0. The zero-order valence-corrected chi connectivity index (χ0v) is 9.20. The maximum atomic E-state index is 13.0. The first-order valence-corrected chi connectivity index (χ1v) is 4.92. The number of nitro benzene ring substituents is 1. The number of nitro groups is 1. The number of nitrogens with one attached hydrogen (secondary N) is 2. The maximum Gasteiger partial charge on any atom is 0.273 e. The monoisotopic (exact) mass is 241 g/mol. The fourth-order valence-electron chi connectivity index (χ4n) is 1.21. The molecule has 0 aliphatic rings. The summed E-state index contributed by atoms with van der Waals surface area (Å²) in [5, 5.41) is 15.8. The van der Waals surface area contributed by atoms with Crippen molar-refractivity contribution in [1.29, 1.82) is 0 Å². The Hall–Kier alpha value is -2.02. The van der Waals surface area contributed by atoms with Gasteiger partial charge in [-0.3, -0.25) is 14.9 Å². The van der Waals surface area contributed by atoms with Crippen molar-refractivity contribution in [2.24, 2.45) is 0 Å². The molecule has 0 spiro atoms. The molecule has 1 amide bonds. The van der Waals surface area contributed by atoms with Crippen molar-refractivity contribution in [3.8, 4) is 0 Å². The summed E-state index contributed by atoms with van der Waals surface area (Å²) in [4.78, 5) is 21.3. The van der Waals surface area contributed by atoms with Gasteiger partial charge in [0.05, 0.1) is 11.0 Å². The molecule has 0 heterocycles. The zero-order chi connectivity index (χ0) is 12.8. The number of hydrogen-bond acceptors (Lipinski definition) is 4. The first-order chi connectivity index (χ1) is 8.04. The average Bonchev–Trinajstić information content (AvgIpc) is 2.28. The first-order valence-electron chi connectivity index (χ1n) is 4.92. The second kappa shape index (κ2) is 5.90. The number of hydrogen-bond donors (Lipinski definition) is 2. The molecule has 0 atom stereocenters. The average molecular weight is 241 g/mol. The molecule has 1 aromatic carbocycles. The molecular formula is C10H12FN3O3. The van der Waals surface area contributed by atoms with Gasteiger partial charge in [-0.15, -0.1) is 0 Å². The van der Waals surface area contributed by atoms with E-state index in [1.54, 1.807) is 7.05 Å². The SMILES string of the molecule is CNCCNC(=O)c1cc(F)cc([N+](=O)[O-])c1. The van der Waals surface area contributed by atoms with Crippen LogP contribution in [0.4, 0.5) is 10.1 Å². The fourth-order valence-corrected chi connectivity index (χ4v) is 1.21. The minimum absolute atomic E-state index is 0.0622. The third-order valence-electron chi connectivity index (χ3n) is 2.02. The number of likely N-dealkylation sites (N-methyl/N-ethyl adjacent to an activating group) is 1. The van der Waals surface area contributed by atoms with Crippen LogP contribution in [0.25, 0.3) is 0 Å². The van der Waals surface area contributed by atoms with Gasteiger partial charge in [-0.2, -0.15) is 0 Å². The summed E-state index contributed by atoms with van der Waals surface area (Å²) in [7, 11) is 1.72. The number of halogens is 1. The molecule has 2 N–H and O–H groups in total. The topological polar surface area (TPSA) is 84.3 Å². The number of carbonyl (C=O) groups is 1. The van der Waals surface area contributed by atoms with Crippen molar-refractivity contribution < 1.29 is 14.1 Å². The second-order valence-corrected chi connectivity index (χ2v) is 3.31. The minimum Gasteiger partial charge on any atom is -0.351 e. The minimum atomic E-state index is -0.807. The van der Waals surface area contributed by atoms with E-state index in [0.717, 1.165) is 18.2 Å². The Kier molecular flexibility index (Phi) is 4.53. The predicted molar refractivity (Wildman–Crippen MR) is 59.3 cm³/mol. The molecule has 0 fully saturated rings. The van der Waals surface area contributed by atoms with Crippen molar-refractivity contribution in [2.75, 3.05) is 20.1 Å². The van der Waals surface area contributed by atoms with Gasteiger partial charge in [-0.05, 0) is 13.1 Å². The molecule has 6 nitrogen and oxygen atoms in total. The van der Waals surface area contributed by atoms with Crippen LogP contribution in [0.15, 0.2) is 18.2 Å². The van der Waals surface area contributed by atoms with E-state index in [1.165, 1.54) is 0 Å². The van der Waals surface area contributed by atoms with E-state index in [4.69, 9.17) is 0 Å². The Bertz CT molecular complexity index is 437. The Morgan fingerprint density at radius 2 is 2.12 bits per heavy atom. The molecule has 1 aromatic rings. The van der Waals surface area contributed by atoms with Crippen molar-refractivity contribution in [1.82, 2.24) is 10.6 Å². The van der Waals surface area contributed by atoms with Gasteiger partial charge in [-0.25, -0.2) is 4.39 Å². The highest BCUT2D eigenvalue weighted by molar-refractivity contribution is 5.94. The van der Waals surface area contributed by atoms with E-state index in [9.17, 15) is 19.3 Å². The van der Waals surface area contributed by atoms with Gasteiger partial charge in [0.25, 0.3) is 11.6 Å². The highest BCUT2D eigenvalue weighted by Gasteiger charge is 2.14. The van der Waals surface area contributed by atoms with E-state index < -0.39 is 22.3 Å². The Morgan fingerprint density at radius 3 is 2.71 bits per heavy atom. The Morgan fingerprint density at radius 1 is 1.41 bits per heavy atom. The number of rotatable bonds is 5. The maximum absolute atomic E-state index is 13.0. The molecule has 0 aromatic heterocycles. The number of non-ortho nitro benzene ring substituents is 1. The highest BCUT2D eigenvalue weighted by Crippen LogP contribution is 2.16. The van der Waals surface area contributed by atoms with E-state index in [2.05, 4.69) is 10.6 Å². The molecule has 0 radical (unpaired) electrons. The summed E-state index contributed by atoms with van der Waals surface area (Å²) in [5.74, 6) is -1.35. The molecule has 0 bridgehead atoms. The van der Waals surface area contributed by atoms with Crippen LogP contribution in [0.5, 0.6) is 0 Å². The molecule has 0 aliphatic heterocycles. The normalized spacial score (nSPS) is 10.0. The van der Waals surface area contributed by atoms with Crippen LogP contribution in [-0.4, -0.2) is 31.0 Å². The molecule has 0 saturated heterocycles. The number of amides is 1. The lowest BCUT2D eigenvalue weighted by Crippen LogP contribution is -2.30. The van der Waals surface area contributed by atoms with Crippen LogP contribution in [0.3, 0.4) is 0 Å². The van der Waals surface area contributed by atoms with Crippen molar-refractivity contribution in [2.45, 2.75) is 0 Å². The molecule has 7 heteroatoms. The molecule has 17 heavy (non-hydrogen) atoms. The van der Waals surface area contributed by atoms with Crippen molar-refractivity contribution >= 4 is 11.6 Å². The number of nitrogens with zero attached hydrogens (tertiary/aromatic N) is 1. The van der Waals surface area contributed by atoms with E-state index in [0.29, 0.717) is 13.1 Å². The van der Waals surface area contributed by atoms with Gasteiger partial charge in [0, 0.05) is 24.7 Å². The van der Waals surface area contributed by atoms with E-state index in [1.807, 2.05) is 0 Å². The smallest absolute Gasteiger partial charge is 0.273 e. The predicted octanol–water partition coefficient (Wildman–Crippen LogP) is 0.683. The highest BCUT2D eigenvalue weighted by atomic mass is 19.1. The van der Waals surface area contributed by atoms with Gasteiger partial charge >= 0.3 is 0 Å². The van der Waals surface area contributed by atoms with Crippen LogP contribution < -0.4 is 10.6 Å². The van der Waals surface area contributed by atoms with Gasteiger partial charge in [0.1, 0.15) is 5.82 Å². The summed E-state index contributed by atoms with van der Waals surface area (Å²) < 4.78 is 13.0. The lowest BCUT2D eigenvalue weighted by Gasteiger charge is -2.04. The largest absolute Gasteiger partial charge is 0.351 e. The van der Waals surface area contributed by atoms with Gasteiger partial charge in [0.15, 0.2) is 0 Å². The summed E-state index contributed by atoms with van der Waals surface area (Å²) in [5.41, 5.74) is -0.503. The van der Waals surface area contributed by atoms with Crippen molar-refractivity contribution in [3.05, 3.63) is 39.7 Å². The summed E-state index contributed by atoms with van der Waals surface area (Å²) in [6, 6.07) is 2.77. The molecule has 1 rings (SSSR count). The summed E-state index contributed by atoms with van der Waals surface area (Å²) in [6.07, 6.45) is 0. The molecular weight excluding hydrogens is 229 g/mol. The van der Waals surface area contributed by atoms with Gasteiger partial charge in [0.2, 0.25) is 0 Å². The molecule has 0 unspecified atom stereocenters. The van der Waals surface area contributed by atoms with Crippen LogP contribution in [0.1, 0.15) is 10.4 Å². The standard InChI is InChI=1S/C10H12FN3O3/c1-12-2-3-13-10(15)7-4-8(11)6-9(5-7)14(16)17/h4-6,12H,2-3H2,1H3,(H,13,15). The third kappa shape index (κ3) is 3.80. The van der Waals surface area contributed by atoms with Crippen LogP contribution in [-0.2, 0) is 0 Å². The Labute approximate surface area is 97.0 Å². The summed E-state index contributed by atoms with van der Waals surface area (Å²) >= 11 is 0. The van der Waals surface area contributed by atoms with E-state index in [-0.39, 0.29) is 5.56 Å². The lowest BCUT2D eigenvalue weighted by molar-refractivity contribution is -0.385. The lowest BCUT2D eigenvalue weighted by atomic mass is 10.2. The summed E-state index contributed by atoms with van der Waals surface area (Å²) in [6.45, 7) is 0.919. The second-order valence-electron chi connectivity index (χ2n) is 3.31. The Balaban J connectivity index is 2.82. The molecule has 0 aliphatic carbocycles. The van der Waals surface area contributed by atoms with E-state index >= 15 is 0 Å². The van der Waals surface area contributed by atoms with Crippen LogP contribution >= 0.6 is 0 Å². The van der Waals surface area contributed by atoms with Crippen molar-refractivity contribution in [3.63, 3.8) is 0 Å².